The van der Waals surface area contributed by atoms with Gasteiger partial charge in [0.25, 0.3) is 0 Å². The molecule has 0 spiro atoms. The predicted molar refractivity (Wildman–Crippen MR) is 103 cm³/mol. The third-order valence-electron chi connectivity index (χ3n) is 3.50. The first-order valence-corrected chi connectivity index (χ1v) is 9.84. The molecule has 0 bridgehead atoms. The van der Waals surface area contributed by atoms with Crippen molar-refractivity contribution in [3.8, 4) is 0 Å². The number of aryl methyl sites for hydroxylation is 1. The van der Waals surface area contributed by atoms with Crippen molar-refractivity contribution in [3.63, 3.8) is 0 Å². The normalized spacial score (nSPS) is 12.0. The lowest BCUT2D eigenvalue weighted by atomic mass is 10.2. The van der Waals surface area contributed by atoms with Gasteiger partial charge in [-0.1, -0.05) is 64.5 Å². The van der Waals surface area contributed by atoms with E-state index in [9.17, 15) is 12.8 Å². The Bertz CT molecular complexity index is 859. The van der Waals surface area contributed by atoms with E-state index in [4.69, 9.17) is 0 Å². The molecule has 0 aliphatic rings. The van der Waals surface area contributed by atoms with E-state index >= 15 is 0 Å². The minimum absolute atomic E-state index is 0.157. The molecule has 0 N–H and O–H groups in total. The van der Waals surface area contributed by atoms with Crippen LogP contribution in [0.15, 0.2) is 70.6 Å². The molecule has 0 radical (unpaired) electrons. The molecule has 25 heavy (non-hydrogen) atoms. The number of sulfonamides is 1. The van der Waals surface area contributed by atoms with Crippen LogP contribution < -0.4 is 0 Å². The molecule has 0 amide bonds. The Balaban J connectivity index is 2.21. The van der Waals surface area contributed by atoms with Gasteiger partial charge in [0, 0.05) is 17.6 Å². The van der Waals surface area contributed by atoms with E-state index in [-0.39, 0.29) is 23.8 Å². The van der Waals surface area contributed by atoms with Crippen LogP contribution in [0.4, 0.5) is 4.39 Å². The maximum absolute atomic E-state index is 12.9. The van der Waals surface area contributed by atoms with Crippen LogP contribution in [-0.4, -0.2) is 25.8 Å². The number of rotatable bonds is 7. The highest BCUT2D eigenvalue weighted by Crippen LogP contribution is 2.19. The lowest BCUT2D eigenvalue weighted by molar-refractivity contribution is 0.473. The molecule has 2 aromatic carbocycles. The summed E-state index contributed by atoms with van der Waals surface area (Å²) in [5.74, 6) is -0.309. The maximum atomic E-state index is 12.9. The summed E-state index contributed by atoms with van der Waals surface area (Å²) in [4.78, 5) is 0.238. The van der Waals surface area contributed by atoms with Crippen LogP contribution in [0.3, 0.4) is 0 Å². The van der Waals surface area contributed by atoms with Crippen LogP contribution in [0.1, 0.15) is 11.1 Å². The lowest BCUT2D eigenvalue weighted by Gasteiger charge is -2.20. The highest BCUT2D eigenvalue weighted by molar-refractivity contribution is 9.11. The van der Waals surface area contributed by atoms with Crippen LogP contribution >= 0.6 is 15.9 Å². The monoisotopic (exact) mass is 423 g/mol. The summed E-state index contributed by atoms with van der Waals surface area (Å²) in [5, 5.41) is 0. The Labute approximate surface area is 156 Å². The van der Waals surface area contributed by atoms with Gasteiger partial charge in [-0.3, -0.25) is 0 Å². The van der Waals surface area contributed by atoms with Gasteiger partial charge in [-0.2, -0.15) is 4.31 Å². The maximum Gasteiger partial charge on any atom is 0.243 e. The highest BCUT2D eigenvalue weighted by Gasteiger charge is 2.23. The van der Waals surface area contributed by atoms with Gasteiger partial charge in [0.1, 0.15) is 5.82 Å². The molecule has 0 fully saturated rings. The van der Waals surface area contributed by atoms with E-state index in [1.807, 2.05) is 6.92 Å². The topological polar surface area (TPSA) is 37.4 Å². The second kappa shape index (κ2) is 8.56. The van der Waals surface area contributed by atoms with E-state index < -0.39 is 10.0 Å². The fourth-order valence-electron chi connectivity index (χ4n) is 2.18. The van der Waals surface area contributed by atoms with Crippen molar-refractivity contribution in [1.82, 2.24) is 4.31 Å². The molecule has 0 aliphatic heterocycles. The molecule has 2 aromatic rings. The zero-order valence-corrected chi connectivity index (χ0v) is 16.2. The van der Waals surface area contributed by atoms with Crippen molar-refractivity contribution in [2.75, 3.05) is 13.1 Å². The lowest BCUT2D eigenvalue weighted by Crippen LogP contribution is -2.32. The Kier molecular flexibility index (Phi) is 6.70. The summed E-state index contributed by atoms with van der Waals surface area (Å²) in [6, 6.07) is 12.7. The largest absolute Gasteiger partial charge is 0.243 e. The first-order chi connectivity index (χ1) is 11.8. The number of hydrogen-bond donors (Lipinski definition) is 0. The quantitative estimate of drug-likeness (QED) is 0.644. The van der Waals surface area contributed by atoms with E-state index in [0.29, 0.717) is 4.48 Å². The predicted octanol–water partition coefficient (Wildman–Crippen LogP) is 4.75. The third kappa shape index (κ3) is 5.63. The molecular formula is C19H19BrFNO2S. The number of hydrogen-bond acceptors (Lipinski definition) is 2. The molecule has 0 saturated heterocycles. The SMILES string of the molecule is C=C(Br)CN(C/C=C/c1ccc(F)cc1)S(=O)(=O)c1ccc(C)cc1. The summed E-state index contributed by atoms with van der Waals surface area (Å²) in [5.41, 5.74) is 1.79. The summed E-state index contributed by atoms with van der Waals surface area (Å²) in [6.07, 6.45) is 3.49. The molecule has 0 saturated carbocycles. The van der Waals surface area contributed by atoms with Crippen molar-refractivity contribution in [3.05, 3.63) is 82.6 Å². The van der Waals surface area contributed by atoms with Gasteiger partial charge in [-0.25, -0.2) is 12.8 Å². The Hall–Kier alpha value is -1.76. The first-order valence-electron chi connectivity index (χ1n) is 7.61. The highest BCUT2D eigenvalue weighted by atomic mass is 79.9. The van der Waals surface area contributed by atoms with Gasteiger partial charge in [0.05, 0.1) is 4.90 Å². The molecule has 0 atom stereocenters. The molecular weight excluding hydrogens is 405 g/mol. The summed E-state index contributed by atoms with van der Waals surface area (Å²) in [6.45, 7) is 5.98. The standard InChI is InChI=1S/C19H19BrFNO2S/c1-15-5-11-19(12-6-15)25(23,24)22(14-16(2)20)13-3-4-17-7-9-18(21)10-8-17/h3-12H,2,13-14H2,1H3/b4-3+. The smallest absolute Gasteiger partial charge is 0.207 e. The average molecular weight is 424 g/mol. The fraction of sp³-hybridized carbons (Fsp3) is 0.158. The van der Waals surface area contributed by atoms with Crippen LogP contribution in [0.25, 0.3) is 6.08 Å². The Morgan fingerprint density at radius 2 is 1.76 bits per heavy atom. The number of benzene rings is 2. The molecule has 2 rings (SSSR count). The van der Waals surface area contributed by atoms with Crippen LogP contribution in [-0.2, 0) is 10.0 Å². The Morgan fingerprint density at radius 3 is 2.32 bits per heavy atom. The first kappa shape index (κ1) is 19.6. The van der Waals surface area contributed by atoms with E-state index in [0.717, 1.165) is 11.1 Å². The average Bonchev–Trinajstić information content (AvgIpc) is 2.56. The molecule has 3 nitrogen and oxygen atoms in total. The van der Waals surface area contributed by atoms with E-state index in [1.165, 1.54) is 16.4 Å². The summed E-state index contributed by atoms with van der Waals surface area (Å²) in [7, 11) is -3.64. The molecule has 6 heteroatoms. The van der Waals surface area contributed by atoms with Crippen molar-refractivity contribution in [1.29, 1.82) is 0 Å². The van der Waals surface area contributed by atoms with Crippen molar-refractivity contribution < 1.29 is 12.8 Å². The van der Waals surface area contributed by atoms with Crippen molar-refractivity contribution in [2.45, 2.75) is 11.8 Å². The second-order valence-electron chi connectivity index (χ2n) is 5.58. The van der Waals surface area contributed by atoms with Crippen molar-refractivity contribution >= 4 is 32.0 Å². The number of halogens is 2. The minimum atomic E-state index is -3.64. The minimum Gasteiger partial charge on any atom is -0.207 e. The van der Waals surface area contributed by atoms with E-state index in [2.05, 4.69) is 22.5 Å². The van der Waals surface area contributed by atoms with Gasteiger partial charge in [0.15, 0.2) is 0 Å². The Morgan fingerprint density at radius 1 is 1.16 bits per heavy atom. The van der Waals surface area contributed by atoms with Crippen LogP contribution in [0.5, 0.6) is 0 Å². The van der Waals surface area contributed by atoms with E-state index in [1.54, 1.807) is 48.6 Å². The van der Waals surface area contributed by atoms with Gasteiger partial charge < -0.3 is 0 Å². The summed E-state index contributed by atoms with van der Waals surface area (Å²) >= 11 is 3.23. The molecule has 0 unspecified atom stereocenters. The molecule has 132 valence electrons. The zero-order valence-electron chi connectivity index (χ0n) is 13.8. The number of nitrogens with zero attached hydrogens (tertiary/aromatic N) is 1. The van der Waals surface area contributed by atoms with Gasteiger partial charge >= 0.3 is 0 Å². The molecule has 0 heterocycles. The van der Waals surface area contributed by atoms with Crippen LogP contribution in [0.2, 0.25) is 0 Å². The van der Waals surface area contributed by atoms with Crippen LogP contribution in [0, 0.1) is 12.7 Å². The zero-order chi connectivity index (χ0) is 18.4. The fourth-order valence-corrected chi connectivity index (χ4v) is 4.03. The molecule has 0 aromatic heterocycles. The van der Waals surface area contributed by atoms with Gasteiger partial charge in [0.2, 0.25) is 10.0 Å². The van der Waals surface area contributed by atoms with Gasteiger partial charge in [-0.05, 0) is 36.8 Å². The molecule has 0 aliphatic carbocycles. The second-order valence-corrected chi connectivity index (χ2v) is 8.64. The third-order valence-corrected chi connectivity index (χ3v) is 5.57. The van der Waals surface area contributed by atoms with Crippen molar-refractivity contribution in [2.24, 2.45) is 0 Å². The summed E-state index contributed by atoms with van der Waals surface area (Å²) < 4.78 is 40.5. The van der Waals surface area contributed by atoms with Gasteiger partial charge in [-0.15, -0.1) is 0 Å².